The summed E-state index contributed by atoms with van der Waals surface area (Å²) in [4.78, 5) is 11.8. The van der Waals surface area contributed by atoms with Crippen molar-refractivity contribution >= 4 is 5.78 Å². The lowest BCUT2D eigenvalue weighted by atomic mass is 9.70. The van der Waals surface area contributed by atoms with Crippen LogP contribution in [0.5, 0.6) is 0 Å². The topological polar surface area (TPSA) is 37.3 Å². The summed E-state index contributed by atoms with van der Waals surface area (Å²) in [7, 11) is 0. The molecule has 0 aromatic carbocycles. The van der Waals surface area contributed by atoms with Crippen LogP contribution in [0.3, 0.4) is 0 Å². The molecule has 2 rings (SSSR count). The normalized spacial score (nSPS) is 38.5. The van der Waals surface area contributed by atoms with E-state index in [2.05, 4.69) is 6.92 Å². The van der Waals surface area contributed by atoms with Crippen LogP contribution in [-0.4, -0.2) is 16.5 Å². The van der Waals surface area contributed by atoms with Gasteiger partial charge in [-0.25, -0.2) is 0 Å². The van der Waals surface area contributed by atoms with Crippen molar-refractivity contribution in [2.24, 2.45) is 5.92 Å². The van der Waals surface area contributed by atoms with Gasteiger partial charge in [0.25, 0.3) is 0 Å². The van der Waals surface area contributed by atoms with Gasteiger partial charge in [0.1, 0.15) is 0 Å². The molecule has 0 saturated carbocycles. The Morgan fingerprint density at radius 3 is 2.79 bits per heavy atom. The Hall–Kier alpha value is -0.630. The van der Waals surface area contributed by atoms with Crippen LogP contribution in [0, 0.1) is 5.92 Å². The van der Waals surface area contributed by atoms with Crippen LogP contribution in [0.4, 0.5) is 0 Å². The predicted molar refractivity (Wildman–Crippen MR) is 54.9 cm³/mol. The van der Waals surface area contributed by atoms with Gasteiger partial charge in [0.2, 0.25) is 0 Å². The molecule has 2 unspecified atom stereocenters. The third-order valence-electron chi connectivity index (χ3n) is 3.65. The first-order chi connectivity index (χ1) is 6.52. The van der Waals surface area contributed by atoms with E-state index in [0.717, 1.165) is 31.3 Å². The van der Waals surface area contributed by atoms with E-state index in [1.807, 2.05) is 0 Å². The van der Waals surface area contributed by atoms with E-state index in [1.165, 1.54) is 5.57 Å². The van der Waals surface area contributed by atoms with Gasteiger partial charge in [0.05, 0.1) is 5.60 Å². The van der Waals surface area contributed by atoms with Crippen LogP contribution in [-0.2, 0) is 4.79 Å². The van der Waals surface area contributed by atoms with E-state index in [1.54, 1.807) is 6.92 Å². The van der Waals surface area contributed by atoms with Gasteiger partial charge in [-0.1, -0.05) is 12.5 Å². The van der Waals surface area contributed by atoms with Gasteiger partial charge in [-0.3, -0.25) is 4.79 Å². The molecule has 0 spiro atoms. The molecule has 2 nitrogen and oxygen atoms in total. The van der Waals surface area contributed by atoms with Crippen LogP contribution in [0.25, 0.3) is 0 Å². The summed E-state index contributed by atoms with van der Waals surface area (Å²) in [5.74, 6) is 0.678. The minimum absolute atomic E-state index is 0.183. The highest BCUT2D eigenvalue weighted by molar-refractivity contribution is 5.99. The average Bonchev–Trinajstić information content (AvgIpc) is 2.10. The molecule has 78 valence electrons. The number of carbonyl (C=O) groups is 1. The van der Waals surface area contributed by atoms with Crippen molar-refractivity contribution in [1.29, 1.82) is 0 Å². The molecule has 0 heterocycles. The van der Waals surface area contributed by atoms with Crippen molar-refractivity contribution in [2.45, 2.75) is 51.6 Å². The molecule has 0 amide bonds. The van der Waals surface area contributed by atoms with Crippen molar-refractivity contribution in [3.8, 4) is 0 Å². The first-order valence-corrected chi connectivity index (χ1v) is 5.51. The number of Topliss-reactive ketones (excluding diaryl/α,β-unsaturated/α-hetero) is 1. The molecular formula is C12H18O2. The minimum Gasteiger partial charge on any atom is -0.385 e. The Morgan fingerprint density at radius 2 is 2.14 bits per heavy atom. The smallest absolute Gasteiger partial charge is 0.161 e. The van der Waals surface area contributed by atoms with Gasteiger partial charge in [0, 0.05) is 12.0 Å². The quantitative estimate of drug-likeness (QED) is 0.642. The highest BCUT2D eigenvalue weighted by Crippen LogP contribution is 2.41. The minimum atomic E-state index is -0.848. The molecule has 2 atom stereocenters. The first-order valence-electron chi connectivity index (χ1n) is 5.51. The number of hydrogen-bond acceptors (Lipinski definition) is 2. The lowest BCUT2D eigenvalue weighted by molar-refractivity contribution is -0.119. The summed E-state index contributed by atoms with van der Waals surface area (Å²) in [6.07, 6.45) is 4.36. The molecule has 0 aromatic rings. The van der Waals surface area contributed by atoms with Crippen molar-refractivity contribution in [1.82, 2.24) is 0 Å². The van der Waals surface area contributed by atoms with E-state index in [0.29, 0.717) is 12.3 Å². The maximum atomic E-state index is 11.8. The fraction of sp³-hybridized carbons (Fsp3) is 0.750. The van der Waals surface area contributed by atoms with Crippen molar-refractivity contribution in [2.75, 3.05) is 0 Å². The lowest BCUT2D eigenvalue weighted by Crippen LogP contribution is -2.38. The Bertz CT molecular complexity index is 299. The second-order valence-electron chi connectivity index (χ2n) is 4.89. The fourth-order valence-electron chi connectivity index (χ4n) is 2.84. The molecule has 2 aliphatic carbocycles. The van der Waals surface area contributed by atoms with Gasteiger partial charge < -0.3 is 5.11 Å². The Kier molecular flexibility index (Phi) is 2.26. The molecule has 14 heavy (non-hydrogen) atoms. The van der Waals surface area contributed by atoms with Crippen molar-refractivity contribution in [3.63, 3.8) is 0 Å². The van der Waals surface area contributed by atoms with Gasteiger partial charge in [-0.2, -0.15) is 0 Å². The molecule has 0 bridgehead atoms. The predicted octanol–water partition coefficient (Wildman–Crippen LogP) is 2.22. The molecule has 0 radical (unpaired) electrons. The first kappa shape index (κ1) is 9.91. The van der Waals surface area contributed by atoms with Gasteiger partial charge >= 0.3 is 0 Å². The highest BCUT2D eigenvalue weighted by Gasteiger charge is 2.39. The Balaban J connectivity index is 2.48. The van der Waals surface area contributed by atoms with E-state index >= 15 is 0 Å². The zero-order chi connectivity index (χ0) is 10.3. The zero-order valence-corrected chi connectivity index (χ0v) is 8.97. The van der Waals surface area contributed by atoms with Crippen LogP contribution in [0.15, 0.2) is 11.1 Å². The summed E-state index contributed by atoms with van der Waals surface area (Å²) < 4.78 is 0. The maximum absolute atomic E-state index is 11.8. The molecule has 0 saturated heterocycles. The molecular weight excluding hydrogens is 176 g/mol. The molecule has 2 heteroatoms. The number of ketones is 1. The average molecular weight is 194 g/mol. The van der Waals surface area contributed by atoms with E-state index < -0.39 is 5.60 Å². The number of allylic oxidation sites excluding steroid dienone is 1. The summed E-state index contributed by atoms with van der Waals surface area (Å²) in [5, 5.41) is 10.2. The highest BCUT2D eigenvalue weighted by atomic mass is 16.3. The summed E-state index contributed by atoms with van der Waals surface area (Å²) >= 11 is 0. The number of carbonyl (C=O) groups excluding carboxylic acids is 1. The fourth-order valence-corrected chi connectivity index (χ4v) is 2.84. The van der Waals surface area contributed by atoms with Crippen LogP contribution >= 0.6 is 0 Å². The molecule has 2 aliphatic rings. The maximum Gasteiger partial charge on any atom is 0.161 e. The molecule has 0 fully saturated rings. The third-order valence-corrected chi connectivity index (χ3v) is 3.65. The molecule has 0 aromatic heterocycles. The van der Waals surface area contributed by atoms with Crippen molar-refractivity contribution < 1.29 is 9.90 Å². The monoisotopic (exact) mass is 194 g/mol. The van der Waals surface area contributed by atoms with E-state index in [-0.39, 0.29) is 5.78 Å². The SMILES string of the molecule is CC1CCC(=O)C2=C1CCCC2(C)O. The van der Waals surface area contributed by atoms with Crippen molar-refractivity contribution in [3.05, 3.63) is 11.1 Å². The van der Waals surface area contributed by atoms with E-state index in [9.17, 15) is 9.90 Å². The van der Waals surface area contributed by atoms with Crippen LogP contribution < -0.4 is 0 Å². The largest absolute Gasteiger partial charge is 0.385 e. The Labute approximate surface area is 85.0 Å². The second-order valence-corrected chi connectivity index (χ2v) is 4.89. The van der Waals surface area contributed by atoms with Gasteiger partial charge in [0.15, 0.2) is 5.78 Å². The third kappa shape index (κ3) is 1.42. The lowest BCUT2D eigenvalue weighted by Gasteiger charge is -2.37. The van der Waals surface area contributed by atoms with E-state index in [4.69, 9.17) is 0 Å². The second kappa shape index (κ2) is 3.20. The summed E-state index contributed by atoms with van der Waals surface area (Å²) in [5.41, 5.74) is 1.14. The summed E-state index contributed by atoms with van der Waals surface area (Å²) in [6.45, 7) is 3.96. The number of rotatable bonds is 0. The van der Waals surface area contributed by atoms with Crippen LogP contribution in [0.1, 0.15) is 46.0 Å². The number of aliphatic hydroxyl groups is 1. The number of hydrogen-bond donors (Lipinski definition) is 1. The molecule has 1 N–H and O–H groups in total. The van der Waals surface area contributed by atoms with Gasteiger partial charge in [-0.05, 0) is 38.5 Å². The van der Waals surface area contributed by atoms with Crippen LogP contribution in [0.2, 0.25) is 0 Å². The Morgan fingerprint density at radius 1 is 1.43 bits per heavy atom. The summed E-state index contributed by atoms with van der Waals surface area (Å²) in [6, 6.07) is 0. The zero-order valence-electron chi connectivity index (χ0n) is 8.97. The molecule has 0 aliphatic heterocycles. The van der Waals surface area contributed by atoms with Gasteiger partial charge in [-0.15, -0.1) is 0 Å². The standard InChI is InChI=1S/C12H18O2/c1-8-5-6-10(13)11-9(8)4-3-7-12(11,2)14/h8,14H,3-7H2,1-2H3.